The van der Waals surface area contributed by atoms with Crippen LogP contribution in [-0.4, -0.2) is 42.8 Å². The zero-order valence-electron chi connectivity index (χ0n) is 13.7. The summed E-state index contributed by atoms with van der Waals surface area (Å²) in [5, 5.41) is 7.13. The number of rotatable bonds is 8. The number of hydrogen-bond acceptors (Lipinski definition) is 3. The molecule has 1 aromatic rings. The minimum atomic E-state index is 0.518. The summed E-state index contributed by atoms with van der Waals surface area (Å²) in [5.74, 6) is 0.829. The molecule has 126 valence electrons. The van der Waals surface area contributed by atoms with Gasteiger partial charge in [-0.15, -0.1) is 0 Å². The molecule has 0 radical (unpaired) electrons. The van der Waals surface area contributed by atoms with E-state index in [0.717, 1.165) is 30.9 Å². The van der Waals surface area contributed by atoms with Crippen LogP contribution in [0.4, 0.5) is 5.69 Å². The summed E-state index contributed by atoms with van der Waals surface area (Å²) in [6.45, 7) is 8.72. The van der Waals surface area contributed by atoms with Crippen LogP contribution >= 0.6 is 12.2 Å². The van der Waals surface area contributed by atoms with Crippen molar-refractivity contribution in [1.82, 2.24) is 10.2 Å². The summed E-state index contributed by atoms with van der Waals surface area (Å²) in [7, 11) is 0. The number of nitrogens with zero attached hydrogens (tertiary/aromatic N) is 1. The second-order valence-corrected chi connectivity index (χ2v) is 6.17. The molecular formula is C18H27N3OS. The van der Waals surface area contributed by atoms with Crippen molar-refractivity contribution in [2.24, 2.45) is 0 Å². The zero-order valence-corrected chi connectivity index (χ0v) is 14.5. The lowest BCUT2D eigenvalue weighted by atomic mass is 10.1. The number of piperidine rings is 1. The minimum absolute atomic E-state index is 0.518. The lowest BCUT2D eigenvalue weighted by molar-refractivity contribution is 0.227. The summed E-state index contributed by atoms with van der Waals surface area (Å²) in [4.78, 5) is 2.55. The van der Waals surface area contributed by atoms with Crippen LogP contribution in [-0.2, 0) is 0 Å². The maximum Gasteiger partial charge on any atom is 0.170 e. The smallest absolute Gasteiger partial charge is 0.170 e. The first-order valence-electron chi connectivity index (χ1n) is 8.39. The van der Waals surface area contributed by atoms with Crippen molar-refractivity contribution in [1.29, 1.82) is 0 Å². The van der Waals surface area contributed by atoms with Gasteiger partial charge in [-0.2, -0.15) is 0 Å². The number of thiocarbonyl (C=S) groups is 1. The van der Waals surface area contributed by atoms with Gasteiger partial charge in [-0.3, -0.25) is 0 Å². The van der Waals surface area contributed by atoms with E-state index in [1.165, 1.54) is 32.4 Å². The highest BCUT2D eigenvalue weighted by molar-refractivity contribution is 7.80. The number of likely N-dealkylation sites (tertiary alicyclic amines) is 1. The lowest BCUT2D eigenvalue weighted by Crippen LogP contribution is -2.34. The molecule has 1 aliphatic heterocycles. The molecule has 23 heavy (non-hydrogen) atoms. The monoisotopic (exact) mass is 333 g/mol. The Bertz CT molecular complexity index is 484. The molecule has 1 fully saturated rings. The van der Waals surface area contributed by atoms with Crippen molar-refractivity contribution in [3.63, 3.8) is 0 Å². The van der Waals surface area contributed by atoms with Gasteiger partial charge in [0.25, 0.3) is 0 Å². The molecule has 5 heteroatoms. The summed E-state index contributed by atoms with van der Waals surface area (Å²) >= 11 is 5.33. The van der Waals surface area contributed by atoms with Gasteiger partial charge in [-0.25, -0.2) is 0 Å². The van der Waals surface area contributed by atoms with Gasteiger partial charge >= 0.3 is 0 Å². The lowest BCUT2D eigenvalue weighted by Gasteiger charge is -2.26. The molecule has 0 spiro atoms. The average Bonchev–Trinajstić information content (AvgIpc) is 2.59. The average molecular weight is 334 g/mol. The Morgan fingerprint density at radius 2 is 1.96 bits per heavy atom. The van der Waals surface area contributed by atoms with E-state index in [4.69, 9.17) is 17.0 Å². The zero-order chi connectivity index (χ0) is 16.3. The molecule has 1 heterocycles. The van der Waals surface area contributed by atoms with Crippen LogP contribution in [0.2, 0.25) is 0 Å². The number of benzene rings is 1. The van der Waals surface area contributed by atoms with Crippen molar-refractivity contribution < 1.29 is 4.74 Å². The SMILES string of the molecule is C=CCOc1ccc(NC(=S)NCCCN2CCCCC2)cc1. The van der Waals surface area contributed by atoms with Gasteiger partial charge in [0.2, 0.25) is 0 Å². The van der Waals surface area contributed by atoms with Gasteiger partial charge in [0.05, 0.1) is 0 Å². The van der Waals surface area contributed by atoms with Crippen LogP contribution in [0.1, 0.15) is 25.7 Å². The van der Waals surface area contributed by atoms with Crippen LogP contribution < -0.4 is 15.4 Å². The fourth-order valence-corrected chi connectivity index (χ4v) is 2.87. The summed E-state index contributed by atoms with van der Waals surface area (Å²) in [6.07, 6.45) is 6.94. The van der Waals surface area contributed by atoms with Crippen molar-refractivity contribution in [2.45, 2.75) is 25.7 Å². The van der Waals surface area contributed by atoms with E-state index in [0.29, 0.717) is 11.7 Å². The number of ether oxygens (including phenoxy) is 1. The van der Waals surface area contributed by atoms with E-state index >= 15 is 0 Å². The second kappa shape index (κ2) is 10.2. The third kappa shape index (κ3) is 7.01. The summed E-state index contributed by atoms with van der Waals surface area (Å²) in [6, 6.07) is 7.76. The largest absolute Gasteiger partial charge is 0.490 e. The molecule has 0 atom stereocenters. The van der Waals surface area contributed by atoms with Gasteiger partial charge < -0.3 is 20.3 Å². The number of nitrogens with one attached hydrogen (secondary N) is 2. The maximum atomic E-state index is 5.45. The molecule has 1 saturated heterocycles. The summed E-state index contributed by atoms with van der Waals surface area (Å²) in [5.41, 5.74) is 0.962. The Hall–Kier alpha value is -1.59. The van der Waals surface area contributed by atoms with Crippen molar-refractivity contribution in [3.8, 4) is 5.75 Å². The Morgan fingerprint density at radius 3 is 2.65 bits per heavy atom. The van der Waals surface area contributed by atoms with Crippen LogP contribution in [0.3, 0.4) is 0 Å². The van der Waals surface area contributed by atoms with Crippen molar-refractivity contribution in [3.05, 3.63) is 36.9 Å². The van der Waals surface area contributed by atoms with E-state index in [-0.39, 0.29) is 0 Å². The molecule has 2 N–H and O–H groups in total. The molecule has 2 rings (SSSR count). The highest BCUT2D eigenvalue weighted by Gasteiger charge is 2.08. The van der Waals surface area contributed by atoms with Gasteiger partial charge in [0.15, 0.2) is 5.11 Å². The number of hydrogen-bond donors (Lipinski definition) is 2. The van der Waals surface area contributed by atoms with Gasteiger partial charge in [0, 0.05) is 12.2 Å². The van der Waals surface area contributed by atoms with Crippen LogP contribution in [0.5, 0.6) is 5.75 Å². The molecule has 1 aliphatic rings. The molecule has 1 aromatic carbocycles. The predicted octanol–water partition coefficient (Wildman–Crippen LogP) is 3.41. The third-order valence-corrected chi connectivity index (χ3v) is 4.11. The molecule has 0 amide bonds. The predicted molar refractivity (Wildman–Crippen MR) is 101 cm³/mol. The highest BCUT2D eigenvalue weighted by atomic mass is 32.1. The van der Waals surface area contributed by atoms with Crippen LogP contribution in [0.25, 0.3) is 0 Å². The van der Waals surface area contributed by atoms with E-state index in [9.17, 15) is 0 Å². The normalized spacial score (nSPS) is 15.0. The molecular weight excluding hydrogens is 306 g/mol. The van der Waals surface area contributed by atoms with Crippen LogP contribution in [0, 0.1) is 0 Å². The Kier molecular flexibility index (Phi) is 7.90. The van der Waals surface area contributed by atoms with Crippen LogP contribution in [0.15, 0.2) is 36.9 Å². The second-order valence-electron chi connectivity index (χ2n) is 5.76. The fourth-order valence-electron chi connectivity index (χ4n) is 2.65. The molecule has 0 saturated carbocycles. The molecule has 0 unspecified atom stereocenters. The van der Waals surface area contributed by atoms with Crippen molar-refractivity contribution >= 4 is 23.0 Å². The molecule has 4 nitrogen and oxygen atoms in total. The standard InChI is InChI=1S/C18H27N3OS/c1-2-15-22-17-9-7-16(8-10-17)20-18(23)19-11-6-14-21-12-4-3-5-13-21/h2,7-10H,1,3-6,11-15H2,(H2,19,20,23). The Balaban J connectivity index is 1.61. The van der Waals surface area contributed by atoms with E-state index in [1.54, 1.807) is 6.08 Å². The Morgan fingerprint density at radius 1 is 1.22 bits per heavy atom. The van der Waals surface area contributed by atoms with E-state index < -0.39 is 0 Å². The Labute approximate surface area is 144 Å². The van der Waals surface area contributed by atoms with Gasteiger partial charge in [-0.05, 0) is 75.4 Å². The molecule has 0 aromatic heterocycles. The first-order chi connectivity index (χ1) is 11.3. The quantitative estimate of drug-likeness (QED) is 0.433. The first kappa shape index (κ1) is 17.8. The van der Waals surface area contributed by atoms with Gasteiger partial charge in [-0.1, -0.05) is 19.1 Å². The highest BCUT2D eigenvalue weighted by Crippen LogP contribution is 2.15. The molecule has 0 aliphatic carbocycles. The fraction of sp³-hybridized carbons (Fsp3) is 0.500. The van der Waals surface area contributed by atoms with E-state index in [2.05, 4.69) is 22.1 Å². The van der Waals surface area contributed by atoms with Gasteiger partial charge in [0.1, 0.15) is 12.4 Å². The maximum absolute atomic E-state index is 5.45. The molecule has 0 bridgehead atoms. The minimum Gasteiger partial charge on any atom is -0.490 e. The topological polar surface area (TPSA) is 36.5 Å². The first-order valence-corrected chi connectivity index (χ1v) is 8.80. The van der Waals surface area contributed by atoms with Crippen molar-refractivity contribution in [2.75, 3.05) is 38.1 Å². The third-order valence-electron chi connectivity index (χ3n) is 3.87. The number of anilines is 1. The summed E-state index contributed by atoms with van der Waals surface area (Å²) < 4.78 is 5.45. The van der Waals surface area contributed by atoms with E-state index in [1.807, 2.05) is 24.3 Å².